The monoisotopic (exact) mass is 501 g/mol. The van der Waals surface area contributed by atoms with E-state index in [9.17, 15) is 4.79 Å². The maximum absolute atomic E-state index is 12.2. The van der Waals surface area contributed by atoms with Gasteiger partial charge in [-0.25, -0.2) is 9.98 Å². The van der Waals surface area contributed by atoms with Crippen LogP contribution in [0.1, 0.15) is 30.4 Å². The van der Waals surface area contributed by atoms with Crippen molar-refractivity contribution in [3.05, 3.63) is 108 Å². The number of carbonyl (C=O) groups is 1. The summed E-state index contributed by atoms with van der Waals surface area (Å²) >= 11 is 0. The van der Waals surface area contributed by atoms with Gasteiger partial charge in [-0.05, 0) is 28.7 Å². The van der Waals surface area contributed by atoms with Gasteiger partial charge in [0.05, 0.1) is 17.8 Å². The standard InChI is InChI=1S/C32H31N5O/c1-35-21-28-30(37-22-32(34-31(35)37)17-16-26(38)19-32)33-29(36(28)20-23-10-4-2-5-11-23)18-25-14-8-9-15-27(25)24-12-6-3-7-13-24/h2-15,21,29H,16-20,22H2,1H3. The maximum Gasteiger partial charge on any atom is 0.207 e. The van der Waals surface area contributed by atoms with E-state index in [1.54, 1.807) is 0 Å². The van der Waals surface area contributed by atoms with Gasteiger partial charge in [0.1, 0.15) is 11.9 Å². The normalized spacial score (nSPS) is 23.9. The van der Waals surface area contributed by atoms with Crippen molar-refractivity contribution < 1.29 is 4.79 Å². The first-order valence-electron chi connectivity index (χ1n) is 13.4. The van der Waals surface area contributed by atoms with Crippen molar-refractivity contribution in [2.45, 2.75) is 43.9 Å². The van der Waals surface area contributed by atoms with Gasteiger partial charge in [0.2, 0.25) is 5.96 Å². The number of aliphatic imine (C=N–C) groups is 2. The number of carbonyl (C=O) groups excluding carboxylic acids is 1. The minimum absolute atomic E-state index is 0.0455. The van der Waals surface area contributed by atoms with E-state index in [1.165, 1.54) is 22.3 Å². The summed E-state index contributed by atoms with van der Waals surface area (Å²) in [7, 11) is 2.06. The molecule has 3 aromatic carbocycles. The number of guanidine groups is 1. The fourth-order valence-electron chi connectivity index (χ4n) is 6.33. The minimum atomic E-state index is -0.311. The van der Waals surface area contributed by atoms with E-state index < -0.39 is 0 Å². The van der Waals surface area contributed by atoms with Gasteiger partial charge < -0.3 is 9.80 Å². The van der Waals surface area contributed by atoms with E-state index in [2.05, 4.69) is 113 Å². The molecule has 0 N–H and O–H groups in total. The van der Waals surface area contributed by atoms with Gasteiger partial charge in [0, 0.05) is 39.1 Å². The highest BCUT2D eigenvalue weighted by molar-refractivity contribution is 6.13. The van der Waals surface area contributed by atoms with Crippen molar-refractivity contribution in [1.29, 1.82) is 0 Å². The van der Waals surface area contributed by atoms with E-state index >= 15 is 0 Å². The van der Waals surface area contributed by atoms with Crippen LogP contribution < -0.4 is 0 Å². The first-order valence-corrected chi connectivity index (χ1v) is 13.4. The molecule has 38 heavy (non-hydrogen) atoms. The molecule has 1 spiro atoms. The molecular formula is C32H31N5O. The second-order valence-electron chi connectivity index (χ2n) is 10.8. The largest absolute Gasteiger partial charge is 0.341 e. The first kappa shape index (κ1) is 23.0. The molecule has 0 radical (unpaired) electrons. The average molecular weight is 502 g/mol. The summed E-state index contributed by atoms with van der Waals surface area (Å²) in [5, 5.41) is 0. The lowest BCUT2D eigenvalue weighted by atomic mass is 9.96. The van der Waals surface area contributed by atoms with Crippen LogP contribution in [-0.2, 0) is 17.8 Å². The van der Waals surface area contributed by atoms with Crippen LogP contribution in [0.15, 0.2) is 107 Å². The predicted molar refractivity (Wildman–Crippen MR) is 150 cm³/mol. The lowest BCUT2D eigenvalue weighted by molar-refractivity contribution is -0.117. The molecule has 0 aromatic heterocycles. The highest BCUT2D eigenvalue weighted by Crippen LogP contribution is 2.41. The first-order chi connectivity index (χ1) is 18.6. The molecule has 1 saturated carbocycles. The zero-order valence-corrected chi connectivity index (χ0v) is 21.6. The molecule has 3 aromatic rings. The minimum Gasteiger partial charge on any atom is -0.341 e. The summed E-state index contributed by atoms with van der Waals surface area (Å²) in [6, 6.07) is 29.9. The third-order valence-corrected chi connectivity index (χ3v) is 8.18. The summed E-state index contributed by atoms with van der Waals surface area (Å²) in [6.07, 6.45) is 4.91. The number of rotatable bonds is 5. The van der Waals surface area contributed by atoms with Crippen molar-refractivity contribution in [3.8, 4) is 11.1 Å². The molecule has 0 saturated heterocycles. The summed E-state index contributed by atoms with van der Waals surface area (Å²) < 4.78 is 0. The molecule has 1 fully saturated rings. The van der Waals surface area contributed by atoms with Crippen molar-refractivity contribution in [3.63, 3.8) is 0 Å². The number of benzene rings is 3. The number of ketones is 1. The van der Waals surface area contributed by atoms with Crippen molar-refractivity contribution in [2.75, 3.05) is 13.6 Å². The third-order valence-electron chi connectivity index (χ3n) is 8.18. The number of amidine groups is 1. The van der Waals surface area contributed by atoms with Crippen LogP contribution in [0, 0.1) is 0 Å². The van der Waals surface area contributed by atoms with E-state index in [1.807, 2.05) is 0 Å². The van der Waals surface area contributed by atoms with Gasteiger partial charge in [-0.1, -0.05) is 84.9 Å². The molecule has 190 valence electrons. The fourth-order valence-corrected chi connectivity index (χ4v) is 6.33. The smallest absolute Gasteiger partial charge is 0.207 e. The van der Waals surface area contributed by atoms with Crippen LogP contribution in [0.2, 0.25) is 0 Å². The molecule has 1 aliphatic carbocycles. The molecule has 0 bridgehead atoms. The Balaban J connectivity index is 1.27. The Morgan fingerprint density at radius 3 is 2.45 bits per heavy atom. The Hall–Kier alpha value is -4.19. The number of nitrogens with zero attached hydrogens (tertiary/aromatic N) is 5. The highest BCUT2D eigenvalue weighted by atomic mass is 16.1. The SMILES string of the molecule is CN1C=C2C(=NC(Cc3ccccc3-c3ccccc3)N2Cc2ccccc2)N2CC3(CCC(=O)C3)N=C12. The van der Waals surface area contributed by atoms with Crippen LogP contribution in [0.3, 0.4) is 0 Å². The second kappa shape index (κ2) is 8.98. The number of hydrogen-bond donors (Lipinski definition) is 0. The summed E-state index contributed by atoms with van der Waals surface area (Å²) in [4.78, 5) is 29.5. The molecule has 4 aliphatic rings. The zero-order valence-electron chi connectivity index (χ0n) is 21.6. The molecule has 6 nitrogen and oxygen atoms in total. The van der Waals surface area contributed by atoms with Crippen LogP contribution in [0.4, 0.5) is 0 Å². The molecule has 3 heterocycles. The molecule has 3 aliphatic heterocycles. The number of Topliss-reactive ketones (excluding diaryl/α,β-unsaturated/α-hetero) is 1. The Labute approximate surface area is 223 Å². The molecule has 6 heteroatoms. The quantitative estimate of drug-likeness (QED) is 0.489. The number of hydrogen-bond acceptors (Lipinski definition) is 6. The Morgan fingerprint density at radius 2 is 1.68 bits per heavy atom. The zero-order chi connectivity index (χ0) is 25.7. The van der Waals surface area contributed by atoms with Gasteiger partial charge in [-0.3, -0.25) is 9.69 Å². The van der Waals surface area contributed by atoms with Crippen molar-refractivity contribution in [2.24, 2.45) is 9.98 Å². The molecule has 2 unspecified atom stereocenters. The predicted octanol–water partition coefficient (Wildman–Crippen LogP) is 5.09. The van der Waals surface area contributed by atoms with E-state index in [4.69, 9.17) is 9.98 Å². The molecule has 7 rings (SSSR count). The Morgan fingerprint density at radius 1 is 0.947 bits per heavy atom. The van der Waals surface area contributed by atoms with E-state index in [-0.39, 0.29) is 11.7 Å². The summed E-state index contributed by atoms with van der Waals surface area (Å²) in [5.74, 6) is 2.21. The van der Waals surface area contributed by atoms with Gasteiger partial charge in [-0.2, -0.15) is 0 Å². The fraction of sp³-hybridized carbons (Fsp3) is 0.281. The highest BCUT2D eigenvalue weighted by Gasteiger charge is 2.50. The Bertz CT molecular complexity index is 1480. The van der Waals surface area contributed by atoms with Crippen LogP contribution >= 0.6 is 0 Å². The topological polar surface area (TPSA) is 51.5 Å². The maximum atomic E-state index is 12.2. The van der Waals surface area contributed by atoms with Crippen LogP contribution in [-0.4, -0.2) is 57.6 Å². The Kier molecular flexibility index (Phi) is 5.43. The van der Waals surface area contributed by atoms with E-state index in [0.29, 0.717) is 18.6 Å². The van der Waals surface area contributed by atoms with Crippen LogP contribution in [0.5, 0.6) is 0 Å². The number of fused-ring (bicyclic) bond motifs is 3. The van der Waals surface area contributed by atoms with Gasteiger partial charge in [0.25, 0.3) is 0 Å². The molecule has 0 amide bonds. The van der Waals surface area contributed by atoms with E-state index in [0.717, 1.165) is 43.4 Å². The van der Waals surface area contributed by atoms with Crippen LogP contribution in [0.25, 0.3) is 11.1 Å². The summed E-state index contributed by atoms with van der Waals surface area (Å²) in [6.45, 7) is 1.50. The van der Waals surface area contributed by atoms with Gasteiger partial charge in [-0.15, -0.1) is 0 Å². The van der Waals surface area contributed by atoms with Gasteiger partial charge in [0.15, 0.2) is 5.84 Å². The third kappa shape index (κ3) is 3.92. The summed E-state index contributed by atoms with van der Waals surface area (Å²) in [5.41, 5.74) is 5.83. The lowest BCUT2D eigenvalue weighted by Crippen LogP contribution is -2.48. The average Bonchev–Trinajstić information content (AvgIpc) is 3.61. The second-order valence-corrected chi connectivity index (χ2v) is 10.8. The van der Waals surface area contributed by atoms with Gasteiger partial charge >= 0.3 is 0 Å². The molecule has 2 atom stereocenters. The van der Waals surface area contributed by atoms with Crippen molar-refractivity contribution in [1.82, 2.24) is 14.7 Å². The lowest BCUT2D eigenvalue weighted by Gasteiger charge is -2.35. The molecular weight excluding hydrogens is 470 g/mol. The van der Waals surface area contributed by atoms with Crippen molar-refractivity contribution >= 4 is 17.6 Å².